The van der Waals surface area contributed by atoms with Gasteiger partial charge in [0.25, 0.3) is 0 Å². The van der Waals surface area contributed by atoms with Crippen LogP contribution in [0.5, 0.6) is 5.88 Å². The van der Waals surface area contributed by atoms with Gasteiger partial charge in [-0.1, -0.05) is 18.7 Å². The maximum Gasteiger partial charge on any atom is 0.421 e. The van der Waals surface area contributed by atoms with Crippen LogP contribution in [-0.2, 0) is 15.7 Å². The molecule has 13 heteroatoms. The molecule has 0 aliphatic heterocycles. The van der Waals surface area contributed by atoms with Crippen molar-refractivity contribution in [2.24, 2.45) is 0 Å². The van der Waals surface area contributed by atoms with Crippen LogP contribution < -0.4 is 26.0 Å². The van der Waals surface area contributed by atoms with Crippen molar-refractivity contribution in [2.45, 2.75) is 6.18 Å². The van der Waals surface area contributed by atoms with E-state index in [2.05, 4.69) is 42.8 Å². The molecule has 0 atom stereocenters. The normalized spacial score (nSPS) is 10.9. The van der Waals surface area contributed by atoms with Crippen molar-refractivity contribution in [3.05, 3.63) is 60.8 Å². The first kappa shape index (κ1) is 26.2. The van der Waals surface area contributed by atoms with Gasteiger partial charge in [0.15, 0.2) is 0 Å². The van der Waals surface area contributed by atoms with Crippen molar-refractivity contribution in [1.29, 1.82) is 0 Å². The number of hydrogen-bond acceptors (Lipinski definition) is 9. The third-order valence-electron chi connectivity index (χ3n) is 4.60. The summed E-state index contributed by atoms with van der Waals surface area (Å²) in [7, 11) is 3.00. The average molecular weight is 503 g/mol. The fraction of sp³-hybridized carbons (Fsp3) is 0.217. The van der Waals surface area contributed by atoms with Gasteiger partial charge in [0.2, 0.25) is 17.7 Å². The molecule has 2 heterocycles. The summed E-state index contributed by atoms with van der Waals surface area (Å²) in [6.45, 7) is 4.29. The van der Waals surface area contributed by atoms with Crippen molar-refractivity contribution in [1.82, 2.24) is 15.0 Å². The van der Waals surface area contributed by atoms with Crippen LogP contribution in [0.1, 0.15) is 5.56 Å². The molecule has 1 amide bonds. The highest BCUT2D eigenvalue weighted by Gasteiger charge is 2.35. The summed E-state index contributed by atoms with van der Waals surface area (Å²) in [4.78, 5) is 23.8. The molecular formula is C23H24F3N7O3. The van der Waals surface area contributed by atoms with E-state index in [0.29, 0.717) is 30.9 Å². The monoisotopic (exact) mass is 503 g/mol. The van der Waals surface area contributed by atoms with E-state index in [-0.39, 0.29) is 23.2 Å². The molecular weight excluding hydrogens is 479 g/mol. The number of para-hydroxylation sites is 2. The average Bonchev–Trinajstić information content (AvgIpc) is 2.84. The number of anilines is 6. The number of methoxy groups -OCH3 is 2. The molecule has 0 spiro atoms. The summed E-state index contributed by atoms with van der Waals surface area (Å²) >= 11 is 0. The molecule has 4 N–H and O–H groups in total. The number of aromatic nitrogens is 3. The second-order valence-corrected chi connectivity index (χ2v) is 7.15. The van der Waals surface area contributed by atoms with Gasteiger partial charge in [0.05, 0.1) is 25.1 Å². The zero-order chi connectivity index (χ0) is 26.1. The first-order valence-corrected chi connectivity index (χ1v) is 10.5. The zero-order valence-electron chi connectivity index (χ0n) is 19.4. The lowest BCUT2D eigenvalue weighted by Crippen LogP contribution is -2.14. The van der Waals surface area contributed by atoms with Gasteiger partial charge in [-0.05, 0) is 18.2 Å². The summed E-state index contributed by atoms with van der Waals surface area (Å²) < 4.78 is 51.3. The van der Waals surface area contributed by atoms with Gasteiger partial charge in [0, 0.05) is 37.7 Å². The first-order valence-electron chi connectivity index (χ1n) is 10.5. The predicted octanol–water partition coefficient (Wildman–Crippen LogP) is 4.57. The van der Waals surface area contributed by atoms with Crippen LogP contribution in [0.3, 0.4) is 0 Å². The number of amides is 1. The molecule has 0 radical (unpaired) electrons. The third kappa shape index (κ3) is 7.06. The molecule has 0 unspecified atom stereocenters. The Balaban J connectivity index is 1.94. The number of carbonyl (C=O) groups excluding carboxylic acids is 1. The number of nitrogens with zero attached hydrogens (tertiary/aromatic N) is 3. The van der Waals surface area contributed by atoms with Crippen LogP contribution in [0, 0.1) is 0 Å². The van der Waals surface area contributed by atoms with Crippen LogP contribution in [-0.4, -0.2) is 48.2 Å². The van der Waals surface area contributed by atoms with Gasteiger partial charge in [-0.25, -0.2) is 4.98 Å². The second-order valence-electron chi connectivity index (χ2n) is 7.15. The minimum absolute atomic E-state index is 0.116. The Labute approximate surface area is 205 Å². The molecule has 1 aromatic carbocycles. The Morgan fingerprint density at radius 2 is 1.86 bits per heavy atom. The van der Waals surface area contributed by atoms with E-state index >= 15 is 0 Å². The van der Waals surface area contributed by atoms with E-state index in [1.165, 1.54) is 25.3 Å². The number of rotatable bonds is 11. The fourth-order valence-electron chi connectivity index (χ4n) is 2.94. The maximum absolute atomic E-state index is 13.7. The van der Waals surface area contributed by atoms with Crippen molar-refractivity contribution in [3.8, 4) is 5.88 Å². The second kappa shape index (κ2) is 11.8. The number of halogens is 3. The van der Waals surface area contributed by atoms with Crippen LogP contribution in [0.15, 0.2) is 55.3 Å². The first-order chi connectivity index (χ1) is 17.2. The summed E-state index contributed by atoms with van der Waals surface area (Å²) in [5.74, 6) is -0.441. The van der Waals surface area contributed by atoms with E-state index in [1.54, 1.807) is 25.3 Å². The van der Waals surface area contributed by atoms with Crippen LogP contribution in [0.4, 0.5) is 47.8 Å². The van der Waals surface area contributed by atoms with Crippen LogP contribution >= 0.6 is 0 Å². The molecule has 3 aromatic rings. The topological polar surface area (TPSA) is 122 Å². The molecule has 36 heavy (non-hydrogen) atoms. The summed E-state index contributed by atoms with van der Waals surface area (Å²) in [5, 5.41) is 11.1. The summed E-state index contributed by atoms with van der Waals surface area (Å²) in [6.07, 6.45) is -3.02. The van der Waals surface area contributed by atoms with Crippen LogP contribution in [0.25, 0.3) is 0 Å². The number of ether oxygens (including phenoxy) is 2. The van der Waals surface area contributed by atoms with E-state index in [4.69, 9.17) is 9.47 Å². The Kier molecular flexibility index (Phi) is 8.62. The van der Waals surface area contributed by atoms with Gasteiger partial charge >= 0.3 is 6.18 Å². The minimum atomic E-state index is -4.74. The SMILES string of the molecule is C=CC(=O)Nc1ccccc1Nc1nc(Nc2cc(NCCOC)nc(OC)c2)ncc1C(F)(F)F. The lowest BCUT2D eigenvalue weighted by molar-refractivity contribution is -0.137. The van der Waals surface area contributed by atoms with Crippen molar-refractivity contribution in [2.75, 3.05) is 48.6 Å². The predicted molar refractivity (Wildman–Crippen MR) is 130 cm³/mol. The van der Waals surface area contributed by atoms with E-state index in [1.807, 2.05) is 0 Å². The molecule has 0 fully saturated rings. The molecule has 0 aliphatic carbocycles. The highest BCUT2D eigenvalue weighted by Crippen LogP contribution is 2.36. The van der Waals surface area contributed by atoms with E-state index < -0.39 is 23.5 Å². The quantitative estimate of drug-likeness (QED) is 0.220. The number of hydrogen-bond donors (Lipinski definition) is 4. The zero-order valence-corrected chi connectivity index (χ0v) is 19.4. The largest absolute Gasteiger partial charge is 0.481 e. The Bertz CT molecular complexity index is 1220. The number of benzene rings is 1. The molecule has 0 saturated carbocycles. The highest BCUT2D eigenvalue weighted by molar-refractivity contribution is 6.01. The van der Waals surface area contributed by atoms with Gasteiger partial charge < -0.3 is 30.7 Å². The lowest BCUT2D eigenvalue weighted by atomic mass is 10.2. The van der Waals surface area contributed by atoms with Crippen molar-refractivity contribution >= 4 is 40.6 Å². The summed E-state index contributed by atoms with van der Waals surface area (Å²) in [5.41, 5.74) is -0.231. The Morgan fingerprint density at radius 1 is 1.11 bits per heavy atom. The molecule has 3 rings (SSSR count). The van der Waals surface area contributed by atoms with E-state index in [0.717, 1.165) is 6.08 Å². The molecule has 10 nitrogen and oxygen atoms in total. The van der Waals surface area contributed by atoms with Gasteiger partial charge in [-0.2, -0.15) is 23.1 Å². The van der Waals surface area contributed by atoms with E-state index in [9.17, 15) is 18.0 Å². The van der Waals surface area contributed by atoms with Gasteiger partial charge in [-0.15, -0.1) is 0 Å². The van der Waals surface area contributed by atoms with Gasteiger partial charge in [0.1, 0.15) is 17.2 Å². The van der Waals surface area contributed by atoms with Crippen molar-refractivity contribution in [3.63, 3.8) is 0 Å². The molecule has 2 aromatic heterocycles. The summed E-state index contributed by atoms with van der Waals surface area (Å²) in [6, 6.07) is 9.40. The molecule has 0 aliphatic rings. The molecule has 0 saturated heterocycles. The number of nitrogens with one attached hydrogen (secondary N) is 4. The Morgan fingerprint density at radius 3 is 2.53 bits per heavy atom. The minimum Gasteiger partial charge on any atom is -0.481 e. The molecule has 190 valence electrons. The number of carbonyl (C=O) groups is 1. The Hall–Kier alpha value is -4.39. The third-order valence-corrected chi connectivity index (χ3v) is 4.60. The van der Waals surface area contributed by atoms with Crippen molar-refractivity contribution < 1.29 is 27.4 Å². The number of alkyl halides is 3. The lowest BCUT2D eigenvalue weighted by Gasteiger charge is -2.17. The fourth-order valence-corrected chi connectivity index (χ4v) is 2.94. The van der Waals surface area contributed by atoms with Crippen LogP contribution in [0.2, 0.25) is 0 Å². The number of pyridine rings is 1. The standard InChI is InChI=1S/C23H24F3N7O3/c1-4-19(34)30-16-7-5-6-8-17(16)31-21-15(23(24,25)26)13-28-22(33-21)29-14-11-18(27-9-10-35-2)32-20(12-14)36-3/h4-8,11-13H,1,9-10H2,2-3H3,(H,30,34)(H3,27,28,29,31,32,33). The van der Waals surface area contributed by atoms with Gasteiger partial charge in [-0.3, -0.25) is 4.79 Å². The maximum atomic E-state index is 13.7. The highest BCUT2D eigenvalue weighted by atomic mass is 19.4. The molecule has 0 bridgehead atoms. The smallest absolute Gasteiger partial charge is 0.421 e.